The lowest BCUT2D eigenvalue weighted by Gasteiger charge is -2.16. The van der Waals surface area contributed by atoms with Crippen LogP contribution < -0.4 is 10.1 Å². The SMILES string of the molecule is CCOc1cc(CNC2CCN(C3CC3)C2)ccn1. The molecule has 0 aromatic carbocycles. The first kappa shape index (κ1) is 12.9. The van der Waals surface area contributed by atoms with E-state index in [0.717, 1.165) is 18.5 Å². The minimum Gasteiger partial charge on any atom is -0.478 e. The van der Waals surface area contributed by atoms with Crippen LogP contribution in [0.3, 0.4) is 0 Å². The number of likely N-dealkylation sites (tertiary alicyclic amines) is 1. The summed E-state index contributed by atoms with van der Waals surface area (Å²) in [5, 5.41) is 3.65. The highest BCUT2D eigenvalue weighted by Gasteiger charge is 2.33. The van der Waals surface area contributed by atoms with E-state index in [2.05, 4.69) is 21.3 Å². The van der Waals surface area contributed by atoms with Crippen molar-refractivity contribution in [2.24, 2.45) is 0 Å². The van der Waals surface area contributed by atoms with Crippen molar-refractivity contribution < 1.29 is 4.74 Å². The molecule has 1 aliphatic heterocycles. The summed E-state index contributed by atoms with van der Waals surface area (Å²) in [6.07, 6.45) is 5.93. The third-order valence-electron chi connectivity index (χ3n) is 3.97. The molecule has 104 valence electrons. The summed E-state index contributed by atoms with van der Waals surface area (Å²) in [7, 11) is 0. The van der Waals surface area contributed by atoms with Crippen LogP contribution >= 0.6 is 0 Å². The van der Waals surface area contributed by atoms with Crippen molar-refractivity contribution in [1.82, 2.24) is 15.2 Å². The van der Waals surface area contributed by atoms with Gasteiger partial charge in [0.1, 0.15) is 0 Å². The highest BCUT2D eigenvalue weighted by atomic mass is 16.5. The molecule has 19 heavy (non-hydrogen) atoms. The van der Waals surface area contributed by atoms with Gasteiger partial charge in [0, 0.05) is 44.0 Å². The Morgan fingerprint density at radius 1 is 1.42 bits per heavy atom. The number of hydrogen-bond donors (Lipinski definition) is 1. The van der Waals surface area contributed by atoms with Gasteiger partial charge in [-0.25, -0.2) is 4.98 Å². The van der Waals surface area contributed by atoms with Crippen LogP contribution in [0.1, 0.15) is 31.7 Å². The Labute approximate surface area is 115 Å². The predicted octanol–water partition coefficient (Wildman–Crippen LogP) is 1.81. The van der Waals surface area contributed by atoms with Crippen molar-refractivity contribution in [2.45, 2.75) is 44.8 Å². The fourth-order valence-electron chi connectivity index (χ4n) is 2.77. The molecular formula is C15H23N3O. The zero-order valence-corrected chi connectivity index (χ0v) is 11.6. The number of hydrogen-bond acceptors (Lipinski definition) is 4. The van der Waals surface area contributed by atoms with E-state index in [1.54, 1.807) is 0 Å². The maximum Gasteiger partial charge on any atom is 0.213 e. The van der Waals surface area contributed by atoms with Crippen LogP contribution in [0.25, 0.3) is 0 Å². The minimum absolute atomic E-state index is 0.643. The molecule has 1 N–H and O–H groups in total. The van der Waals surface area contributed by atoms with Gasteiger partial charge in [-0.15, -0.1) is 0 Å². The van der Waals surface area contributed by atoms with Crippen LogP contribution in [-0.2, 0) is 6.54 Å². The van der Waals surface area contributed by atoms with Gasteiger partial charge >= 0.3 is 0 Å². The van der Waals surface area contributed by atoms with Crippen LogP contribution in [0, 0.1) is 0 Å². The molecule has 2 aliphatic rings. The highest BCUT2D eigenvalue weighted by Crippen LogP contribution is 2.29. The van der Waals surface area contributed by atoms with Gasteiger partial charge < -0.3 is 10.1 Å². The topological polar surface area (TPSA) is 37.4 Å². The Bertz CT molecular complexity index is 420. The van der Waals surface area contributed by atoms with E-state index in [-0.39, 0.29) is 0 Å². The van der Waals surface area contributed by atoms with Gasteiger partial charge in [-0.2, -0.15) is 0 Å². The Morgan fingerprint density at radius 3 is 3.11 bits per heavy atom. The Hall–Kier alpha value is -1.13. The first-order valence-corrected chi connectivity index (χ1v) is 7.40. The molecule has 1 saturated carbocycles. The van der Waals surface area contributed by atoms with Crippen LogP contribution in [0.15, 0.2) is 18.3 Å². The first-order chi connectivity index (χ1) is 9.35. The zero-order chi connectivity index (χ0) is 13.1. The van der Waals surface area contributed by atoms with E-state index in [9.17, 15) is 0 Å². The summed E-state index contributed by atoms with van der Waals surface area (Å²) in [4.78, 5) is 6.83. The molecular weight excluding hydrogens is 238 g/mol. The summed E-state index contributed by atoms with van der Waals surface area (Å²) in [6, 6.07) is 5.63. The quantitative estimate of drug-likeness (QED) is 0.847. The molecule has 0 amide bonds. The number of pyridine rings is 1. The zero-order valence-electron chi connectivity index (χ0n) is 11.6. The fourth-order valence-corrected chi connectivity index (χ4v) is 2.77. The second-order valence-electron chi connectivity index (χ2n) is 5.53. The van der Waals surface area contributed by atoms with Crippen molar-refractivity contribution >= 4 is 0 Å². The third-order valence-corrected chi connectivity index (χ3v) is 3.97. The summed E-state index contributed by atoms with van der Waals surface area (Å²) in [5.74, 6) is 0.729. The largest absolute Gasteiger partial charge is 0.478 e. The van der Waals surface area contributed by atoms with E-state index in [4.69, 9.17) is 4.74 Å². The number of rotatable bonds is 6. The summed E-state index contributed by atoms with van der Waals surface area (Å²) in [5.41, 5.74) is 1.25. The molecule has 1 saturated heterocycles. The smallest absolute Gasteiger partial charge is 0.213 e. The number of nitrogens with one attached hydrogen (secondary N) is 1. The monoisotopic (exact) mass is 261 g/mol. The molecule has 2 fully saturated rings. The molecule has 4 heteroatoms. The second kappa shape index (κ2) is 5.88. The number of aromatic nitrogens is 1. The van der Waals surface area contributed by atoms with E-state index in [0.29, 0.717) is 12.6 Å². The first-order valence-electron chi connectivity index (χ1n) is 7.40. The number of ether oxygens (including phenoxy) is 1. The van der Waals surface area contributed by atoms with Crippen molar-refractivity contribution in [3.05, 3.63) is 23.9 Å². The molecule has 1 aliphatic carbocycles. The van der Waals surface area contributed by atoms with Crippen molar-refractivity contribution in [1.29, 1.82) is 0 Å². The van der Waals surface area contributed by atoms with Crippen molar-refractivity contribution in [3.8, 4) is 5.88 Å². The molecule has 0 bridgehead atoms. The molecule has 3 rings (SSSR count). The van der Waals surface area contributed by atoms with Gasteiger partial charge in [-0.3, -0.25) is 4.90 Å². The predicted molar refractivity (Wildman–Crippen MR) is 75.2 cm³/mol. The van der Waals surface area contributed by atoms with Crippen LogP contribution in [0.4, 0.5) is 0 Å². The van der Waals surface area contributed by atoms with Crippen LogP contribution in [0.5, 0.6) is 5.88 Å². The van der Waals surface area contributed by atoms with E-state index >= 15 is 0 Å². The van der Waals surface area contributed by atoms with E-state index in [1.165, 1.54) is 37.9 Å². The molecule has 1 unspecified atom stereocenters. The van der Waals surface area contributed by atoms with Crippen molar-refractivity contribution in [2.75, 3.05) is 19.7 Å². The molecule has 1 atom stereocenters. The molecule has 1 aromatic rings. The average molecular weight is 261 g/mol. The molecule has 2 heterocycles. The molecule has 0 radical (unpaired) electrons. The fraction of sp³-hybridized carbons (Fsp3) is 0.667. The standard InChI is InChI=1S/C15H23N3O/c1-2-19-15-9-12(5-7-16-15)10-17-13-6-8-18(11-13)14-3-4-14/h5,7,9,13-14,17H,2-4,6,8,10-11H2,1H3. The average Bonchev–Trinajstić information content (AvgIpc) is 3.17. The van der Waals surface area contributed by atoms with Gasteiger partial charge in [0.15, 0.2) is 0 Å². The van der Waals surface area contributed by atoms with Gasteiger partial charge in [0.2, 0.25) is 5.88 Å². The second-order valence-corrected chi connectivity index (χ2v) is 5.53. The van der Waals surface area contributed by atoms with Gasteiger partial charge in [0.25, 0.3) is 0 Å². The van der Waals surface area contributed by atoms with E-state index < -0.39 is 0 Å². The minimum atomic E-state index is 0.643. The maximum absolute atomic E-state index is 5.43. The summed E-state index contributed by atoms with van der Waals surface area (Å²) >= 11 is 0. The Kier molecular flexibility index (Phi) is 3.99. The van der Waals surface area contributed by atoms with Gasteiger partial charge in [0.05, 0.1) is 6.61 Å². The van der Waals surface area contributed by atoms with Crippen LogP contribution in [-0.4, -0.2) is 41.7 Å². The van der Waals surface area contributed by atoms with E-state index in [1.807, 2.05) is 19.2 Å². The Morgan fingerprint density at radius 2 is 2.32 bits per heavy atom. The highest BCUT2D eigenvalue weighted by molar-refractivity contribution is 5.20. The summed E-state index contributed by atoms with van der Waals surface area (Å²) in [6.45, 7) is 6.04. The van der Waals surface area contributed by atoms with Crippen LogP contribution in [0.2, 0.25) is 0 Å². The van der Waals surface area contributed by atoms with Gasteiger partial charge in [-0.1, -0.05) is 0 Å². The molecule has 1 aromatic heterocycles. The Balaban J connectivity index is 1.47. The molecule has 0 spiro atoms. The lowest BCUT2D eigenvalue weighted by atomic mass is 10.2. The van der Waals surface area contributed by atoms with Crippen molar-refractivity contribution in [3.63, 3.8) is 0 Å². The summed E-state index contributed by atoms with van der Waals surface area (Å²) < 4.78 is 5.43. The maximum atomic E-state index is 5.43. The van der Waals surface area contributed by atoms with Gasteiger partial charge in [-0.05, 0) is 37.8 Å². The third kappa shape index (κ3) is 3.45. The lowest BCUT2D eigenvalue weighted by molar-refractivity contribution is 0.317. The number of nitrogens with zero attached hydrogens (tertiary/aromatic N) is 2. The molecule has 4 nitrogen and oxygen atoms in total. The normalized spacial score (nSPS) is 23.7. The lowest BCUT2D eigenvalue weighted by Crippen LogP contribution is -2.32.